The van der Waals surface area contributed by atoms with Crippen molar-refractivity contribution < 1.29 is 18.0 Å². The number of halogens is 3. The van der Waals surface area contributed by atoms with E-state index in [1.165, 1.54) is 12.1 Å². The van der Waals surface area contributed by atoms with Crippen LogP contribution >= 0.6 is 0 Å². The highest BCUT2D eigenvalue weighted by atomic mass is 19.4. The number of hydrogen-bond donors (Lipinski definition) is 1. The Morgan fingerprint density at radius 2 is 1.44 bits per heavy atom. The Labute approximate surface area is 155 Å². The third-order valence-electron chi connectivity index (χ3n) is 3.89. The number of alkyl halides is 3. The van der Waals surface area contributed by atoms with E-state index in [1.54, 1.807) is 30.3 Å². The van der Waals surface area contributed by atoms with Gasteiger partial charge in [0.15, 0.2) is 0 Å². The molecule has 0 spiro atoms. The SMILES string of the molecule is O=C(Nc1cccc(C(F)(F)F)c1)/C(=C\c1ccccc1)c1ccccc1. The summed E-state index contributed by atoms with van der Waals surface area (Å²) in [6.07, 6.45) is -2.76. The van der Waals surface area contributed by atoms with Gasteiger partial charge in [-0.15, -0.1) is 0 Å². The molecular weight excluding hydrogens is 351 g/mol. The molecule has 5 heteroatoms. The molecule has 0 saturated heterocycles. The van der Waals surface area contributed by atoms with Crippen LogP contribution in [0.25, 0.3) is 11.6 Å². The number of nitrogens with one attached hydrogen (secondary N) is 1. The number of carbonyl (C=O) groups excluding carboxylic acids is 1. The zero-order valence-electron chi connectivity index (χ0n) is 14.2. The second-order valence-corrected chi connectivity index (χ2v) is 5.87. The van der Waals surface area contributed by atoms with E-state index in [2.05, 4.69) is 5.32 Å². The highest BCUT2D eigenvalue weighted by Gasteiger charge is 2.30. The van der Waals surface area contributed by atoms with Gasteiger partial charge in [0, 0.05) is 11.3 Å². The number of benzene rings is 3. The van der Waals surface area contributed by atoms with Crippen LogP contribution < -0.4 is 5.32 Å². The van der Waals surface area contributed by atoms with Gasteiger partial charge in [-0.2, -0.15) is 13.2 Å². The maximum absolute atomic E-state index is 12.9. The van der Waals surface area contributed by atoms with E-state index < -0.39 is 17.6 Å². The molecule has 0 heterocycles. The fourth-order valence-corrected chi connectivity index (χ4v) is 2.59. The molecule has 0 atom stereocenters. The molecule has 0 aliphatic rings. The van der Waals surface area contributed by atoms with E-state index in [0.717, 1.165) is 17.7 Å². The van der Waals surface area contributed by atoms with E-state index in [0.29, 0.717) is 11.1 Å². The molecule has 27 heavy (non-hydrogen) atoms. The molecule has 3 aromatic carbocycles. The Kier molecular flexibility index (Phi) is 5.41. The van der Waals surface area contributed by atoms with E-state index in [-0.39, 0.29) is 5.69 Å². The predicted molar refractivity (Wildman–Crippen MR) is 101 cm³/mol. The number of rotatable bonds is 4. The highest BCUT2D eigenvalue weighted by molar-refractivity contribution is 6.29. The monoisotopic (exact) mass is 367 g/mol. The smallest absolute Gasteiger partial charge is 0.322 e. The lowest BCUT2D eigenvalue weighted by atomic mass is 10.0. The summed E-state index contributed by atoms with van der Waals surface area (Å²) in [4.78, 5) is 12.8. The van der Waals surface area contributed by atoms with E-state index in [1.807, 2.05) is 36.4 Å². The number of anilines is 1. The molecule has 3 aromatic rings. The van der Waals surface area contributed by atoms with Gasteiger partial charge >= 0.3 is 6.18 Å². The number of carbonyl (C=O) groups is 1. The summed E-state index contributed by atoms with van der Waals surface area (Å²) in [5.41, 5.74) is 1.12. The van der Waals surface area contributed by atoms with E-state index in [9.17, 15) is 18.0 Å². The third-order valence-corrected chi connectivity index (χ3v) is 3.89. The van der Waals surface area contributed by atoms with Crippen molar-refractivity contribution in [2.24, 2.45) is 0 Å². The molecule has 0 aromatic heterocycles. The van der Waals surface area contributed by atoms with Crippen LogP contribution in [0, 0.1) is 0 Å². The summed E-state index contributed by atoms with van der Waals surface area (Å²) < 4.78 is 38.7. The molecule has 1 N–H and O–H groups in total. The minimum Gasteiger partial charge on any atom is -0.322 e. The van der Waals surface area contributed by atoms with Crippen molar-refractivity contribution in [3.05, 3.63) is 102 Å². The van der Waals surface area contributed by atoms with Gasteiger partial charge in [-0.3, -0.25) is 4.79 Å². The van der Waals surface area contributed by atoms with Gasteiger partial charge in [-0.1, -0.05) is 66.7 Å². The summed E-state index contributed by atoms with van der Waals surface area (Å²) in [6, 6.07) is 22.8. The maximum Gasteiger partial charge on any atom is 0.416 e. The topological polar surface area (TPSA) is 29.1 Å². The van der Waals surface area contributed by atoms with Crippen LogP contribution in [0.5, 0.6) is 0 Å². The fourth-order valence-electron chi connectivity index (χ4n) is 2.59. The van der Waals surface area contributed by atoms with Gasteiger partial charge in [0.25, 0.3) is 5.91 Å². The summed E-state index contributed by atoms with van der Waals surface area (Å²) in [5, 5.41) is 2.57. The first kappa shape index (κ1) is 18.5. The third kappa shape index (κ3) is 4.85. The fraction of sp³-hybridized carbons (Fsp3) is 0.0455. The summed E-state index contributed by atoms with van der Waals surface area (Å²) in [6.45, 7) is 0. The van der Waals surface area contributed by atoms with Gasteiger partial charge in [0.2, 0.25) is 0 Å². The van der Waals surface area contributed by atoms with Crippen molar-refractivity contribution in [2.45, 2.75) is 6.18 Å². The lowest BCUT2D eigenvalue weighted by Crippen LogP contribution is -2.14. The summed E-state index contributed by atoms with van der Waals surface area (Å²) in [5.74, 6) is -0.482. The number of hydrogen-bond acceptors (Lipinski definition) is 1. The van der Waals surface area contributed by atoms with Gasteiger partial charge in [0.05, 0.1) is 5.56 Å². The van der Waals surface area contributed by atoms with Crippen molar-refractivity contribution >= 4 is 23.2 Å². The quantitative estimate of drug-likeness (QED) is 0.452. The van der Waals surface area contributed by atoms with Crippen molar-refractivity contribution in [2.75, 3.05) is 5.32 Å². The van der Waals surface area contributed by atoms with Gasteiger partial charge in [0.1, 0.15) is 0 Å². The van der Waals surface area contributed by atoms with E-state index >= 15 is 0 Å². The zero-order valence-corrected chi connectivity index (χ0v) is 14.2. The van der Waals surface area contributed by atoms with Crippen molar-refractivity contribution in [1.29, 1.82) is 0 Å². The lowest BCUT2D eigenvalue weighted by Gasteiger charge is -2.12. The molecule has 0 radical (unpaired) electrons. The first-order valence-electron chi connectivity index (χ1n) is 8.24. The largest absolute Gasteiger partial charge is 0.416 e. The molecule has 0 saturated carbocycles. The normalized spacial score (nSPS) is 11.9. The molecule has 0 unspecified atom stereocenters. The van der Waals surface area contributed by atoms with Crippen LogP contribution in [0.3, 0.4) is 0 Å². The van der Waals surface area contributed by atoms with Crippen LogP contribution in [0.1, 0.15) is 16.7 Å². The Morgan fingerprint density at radius 1 is 0.815 bits per heavy atom. The molecule has 1 amide bonds. The lowest BCUT2D eigenvalue weighted by molar-refractivity contribution is -0.137. The molecule has 2 nitrogen and oxygen atoms in total. The van der Waals surface area contributed by atoms with Gasteiger partial charge in [-0.05, 0) is 35.4 Å². The minimum absolute atomic E-state index is 0.0877. The van der Waals surface area contributed by atoms with Crippen molar-refractivity contribution in [3.8, 4) is 0 Å². The van der Waals surface area contributed by atoms with Crippen molar-refractivity contribution in [1.82, 2.24) is 0 Å². The molecule has 0 aliphatic carbocycles. The predicted octanol–water partition coefficient (Wildman–Crippen LogP) is 5.88. The maximum atomic E-state index is 12.9. The van der Waals surface area contributed by atoms with Gasteiger partial charge < -0.3 is 5.32 Å². The Hall–Kier alpha value is -3.34. The molecular formula is C22H16F3NO. The second-order valence-electron chi connectivity index (χ2n) is 5.87. The Bertz CT molecular complexity index is 948. The number of amides is 1. The Morgan fingerprint density at radius 3 is 2.07 bits per heavy atom. The average Bonchev–Trinajstić information content (AvgIpc) is 2.67. The molecule has 136 valence electrons. The van der Waals surface area contributed by atoms with Crippen LogP contribution in [0.4, 0.5) is 18.9 Å². The summed E-state index contributed by atoms with van der Waals surface area (Å²) in [7, 11) is 0. The zero-order chi connectivity index (χ0) is 19.3. The molecule has 0 aliphatic heterocycles. The first-order chi connectivity index (χ1) is 12.9. The van der Waals surface area contributed by atoms with Crippen LogP contribution in [0.2, 0.25) is 0 Å². The van der Waals surface area contributed by atoms with Crippen LogP contribution in [-0.4, -0.2) is 5.91 Å². The second kappa shape index (κ2) is 7.91. The minimum atomic E-state index is -4.47. The average molecular weight is 367 g/mol. The highest BCUT2D eigenvalue weighted by Crippen LogP contribution is 2.31. The van der Waals surface area contributed by atoms with Crippen molar-refractivity contribution in [3.63, 3.8) is 0 Å². The standard InChI is InChI=1S/C22H16F3NO/c23-22(24,25)18-12-7-13-19(15-18)26-21(27)20(17-10-5-2-6-11-17)14-16-8-3-1-4-9-16/h1-15H,(H,26,27)/b20-14-. The molecule has 0 bridgehead atoms. The van der Waals surface area contributed by atoms with Gasteiger partial charge in [-0.25, -0.2) is 0 Å². The summed E-state index contributed by atoms with van der Waals surface area (Å²) >= 11 is 0. The van der Waals surface area contributed by atoms with Crippen LogP contribution in [-0.2, 0) is 11.0 Å². The Balaban J connectivity index is 1.94. The molecule has 3 rings (SSSR count). The van der Waals surface area contributed by atoms with E-state index in [4.69, 9.17) is 0 Å². The molecule has 0 fully saturated rings. The van der Waals surface area contributed by atoms with Crippen LogP contribution in [0.15, 0.2) is 84.9 Å². The first-order valence-corrected chi connectivity index (χ1v) is 8.24.